The van der Waals surface area contributed by atoms with Crippen LogP contribution in [0.4, 0.5) is 0 Å². The Morgan fingerprint density at radius 1 is 1.13 bits per heavy atom. The van der Waals surface area contributed by atoms with Crippen molar-refractivity contribution in [1.29, 1.82) is 0 Å². The summed E-state index contributed by atoms with van der Waals surface area (Å²) in [6, 6.07) is 0. The number of hydrogen-bond acceptors (Lipinski definition) is 8. The lowest BCUT2D eigenvalue weighted by Crippen LogP contribution is -2.40. The second-order valence-electron chi connectivity index (χ2n) is 3.34. The number of aliphatic hydroxyl groups is 1. The van der Waals surface area contributed by atoms with Crippen molar-refractivity contribution >= 4 is 30.0 Å². The van der Waals surface area contributed by atoms with Crippen LogP contribution in [0.15, 0.2) is 0 Å². The third-order valence-corrected chi connectivity index (χ3v) is 1.23. The maximum atomic E-state index is 10.6. The second kappa shape index (κ2) is 19.5. The number of ether oxygens (including phenoxy) is 2. The van der Waals surface area contributed by atoms with E-state index in [0.717, 1.165) is 0 Å². The summed E-state index contributed by atoms with van der Waals surface area (Å²) < 4.78 is 8.58. The Balaban J connectivity index is -0.000000130. The van der Waals surface area contributed by atoms with E-state index in [-0.39, 0.29) is 32.8 Å². The van der Waals surface area contributed by atoms with Gasteiger partial charge in [-0.25, -0.2) is 9.59 Å². The molecule has 0 radical (unpaired) electrons. The first kappa shape index (κ1) is 28.6. The van der Waals surface area contributed by atoms with E-state index >= 15 is 0 Å². The van der Waals surface area contributed by atoms with Gasteiger partial charge >= 0.3 is 11.9 Å². The van der Waals surface area contributed by atoms with Gasteiger partial charge < -0.3 is 25.6 Å². The van der Waals surface area contributed by atoms with Gasteiger partial charge in [-0.3, -0.25) is 14.4 Å². The summed E-state index contributed by atoms with van der Waals surface area (Å²) >= 11 is 0. The average molecular weight is 338 g/mol. The maximum absolute atomic E-state index is 10.6. The molecule has 136 valence electrons. The predicted octanol–water partition coefficient (Wildman–Crippen LogP) is -1.12. The molecule has 4 N–H and O–H groups in total. The van der Waals surface area contributed by atoms with Crippen molar-refractivity contribution in [3.63, 3.8) is 0 Å². The molecule has 0 aliphatic carbocycles. The number of amides is 2. The van der Waals surface area contributed by atoms with Gasteiger partial charge in [0.2, 0.25) is 24.3 Å². The number of nitrogens with one attached hydrogen (secondary N) is 1. The Kier molecular flexibility index (Phi) is 24.3. The Morgan fingerprint density at radius 3 is 1.74 bits per heavy atom. The van der Waals surface area contributed by atoms with E-state index in [9.17, 15) is 24.0 Å². The fourth-order valence-electron chi connectivity index (χ4n) is 0.649. The summed E-state index contributed by atoms with van der Waals surface area (Å²) in [7, 11) is 0. The van der Waals surface area contributed by atoms with Crippen LogP contribution >= 0.6 is 0 Å². The van der Waals surface area contributed by atoms with E-state index in [1.807, 2.05) is 5.32 Å². The summed E-state index contributed by atoms with van der Waals surface area (Å²) in [6.45, 7) is 6.19. The third-order valence-electron chi connectivity index (χ3n) is 1.23. The normalized spacial score (nSPS) is 9.09. The lowest BCUT2D eigenvalue weighted by Gasteiger charge is -2.08. The first-order chi connectivity index (χ1) is 10.1. The highest BCUT2D eigenvalue weighted by Gasteiger charge is 2.15. The van der Waals surface area contributed by atoms with Crippen molar-refractivity contribution in [3.05, 3.63) is 0 Å². The van der Waals surface area contributed by atoms with E-state index in [4.69, 9.17) is 5.11 Å². The van der Waals surface area contributed by atoms with Crippen LogP contribution in [-0.4, -0.2) is 54.6 Å². The molecule has 10 heteroatoms. The van der Waals surface area contributed by atoms with Crippen LogP contribution in [0.5, 0.6) is 0 Å². The summed E-state index contributed by atoms with van der Waals surface area (Å²) in [5.74, 6) is -2.46. The Bertz CT molecular complexity index is 367. The molecule has 0 saturated carbocycles. The van der Waals surface area contributed by atoms with Crippen LogP contribution in [0, 0.1) is 0 Å². The van der Waals surface area contributed by atoms with Gasteiger partial charge in [0.25, 0.3) is 0 Å². The standard InChI is InChI=1S/C6H11NO4.C4H6O3.C2H5NO.CH4/c1-3-11-6(10)5(9)7-4(2)8;1-2-7-4(6)3-5;1-2(3)4;/h5,9H,3H2,1-2H3,(H,7,8);3H,2H2,1H3;1H3,(H2,3,4);1H4. The zero-order valence-electron chi connectivity index (χ0n) is 13.0. The number of aldehydes is 1. The molecular weight excluding hydrogens is 312 g/mol. The van der Waals surface area contributed by atoms with E-state index < -0.39 is 24.1 Å². The number of esters is 2. The van der Waals surface area contributed by atoms with Crippen molar-refractivity contribution in [3.8, 4) is 0 Å². The first-order valence-corrected chi connectivity index (χ1v) is 6.11. The van der Waals surface area contributed by atoms with Crippen LogP contribution < -0.4 is 11.1 Å². The molecule has 0 fully saturated rings. The van der Waals surface area contributed by atoms with Crippen LogP contribution in [-0.2, 0) is 33.4 Å². The van der Waals surface area contributed by atoms with Gasteiger partial charge in [0.05, 0.1) is 13.2 Å². The highest BCUT2D eigenvalue weighted by Crippen LogP contribution is 1.83. The van der Waals surface area contributed by atoms with Crippen LogP contribution in [0.3, 0.4) is 0 Å². The summed E-state index contributed by atoms with van der Waals surface area (Å²) in [5.41, 5.74) is 4.47. The molecule has 0 rings (SSSR count). The molecule has 1 atom stereocenters. The van der Waals surface area contributed by atoms with Crippen molar-refractivity contribution in [2.45, 2.75) is 41.3 Å². The summed E-state index contributed by atoms with van der Waals surface area (Å²) in [5, 5.41) is 10.8. The molecule has 0 aromatic heterocycles. The largest absolute Gasteiger partial charge is 0.463 e. The number of primary amides is 1. The number of rotatable bonds is 5. The van der Waals surface area contributed by atoms with Crippen LogP contribution in [0.25, 0.3) is 0 Å². The predicted molar refractivity (Wildman–Crippen MR) is 80.8 cm³/mol. The quantitative estimate of drug-likeness (QED) is 0.246. The third kappa shape index (κ3) is 32.8. The number of carbonyl (C=O) groups is 5. The molecule has 0 bridgehead atoms. The molecule has 0 aromatic carbocycles. The van der Waals surface area contributed by atoms with Crippen molar-refractivity contribution in [1.82, 2.24) is 5.32 Å². The van der Waals surface area contributed by atoms with Crippen molar-refractivity contribution < 1.29 is 38.6 Å². The van der Waals surface area contributed by atoms with Gasteiger partial charge in [0.1, 0.15) is 0 Å². The minimum Gasteiger partial charge on any atom is -0.463 e. The van der Waals surface area contributed by atoms with Crippen LogP contribution in [0.1, 0.15) is 35.1 Å². The Labute approximate surface area is 135 Å². The van der Waals surface area contributed by atoms with E-state index in [2.05, 4.69) is 15.2 Å². The number of aliphatic hydroxyl groups excluding tert-OH is 1. The topological polar surface area (TPSA) is 162 Å². The smallest absolute Gasteiger partial charge is 0.371 e. The maximum Gasteiger partial charge on any atom is 0.371 e. The molecule has 0 aromatic rings. The van der Waals surface area contributed by atoms with E-state index in [1.54, 1.807) is 13.8 Å². The summed E-state index contributed by atoms with van der Waals surface area (Å²) in [6.07, 6.45) is -1.41. The molecule has 0 spiro atoms. The zero-order chi connectivity index (χ0) is 18.1. The van der Waals surface area contributed by atoms with Crippen molar-refractivity contribution in [2.75, 3.05) is 13.2 Å². The average Bonchev–Trinajstić information content (AvgIpc) is 2.38. The monoisotopic (exact) mass is 338 g/mol. The lowest BCUT2D eigenvalue weighted by molar-refractivity contribution is -0.156. The van der Waals surface area contributed by atoms with Gasteiger partial charge in [-0.2, -0.15) is 0 Å². The SMILES string of the molecule is C.CC(N)=O.CCOC(=O)C(O)NC(C)=O.CCOC(=O)C=O. The fraction of sp³-hybridized carbons (Fsp3) is 0.615. The lowest BCUT2D eigenvalue weighted by atomic mass is 10.5. The molecule has 0 saturated heterocycles. The highest BCUT2D eigenvalue weighted by molar-refractivity contribution is 6.20. The minimum absolute atomic E-state index is 0. The van der Waals surface area contributed by atoms with Crippen LogP contribution in [0.2, 0.25) is 0 Å². The molecule has 0 aliphatic heterocycles. The minimum atomic E-state index is -1.55. The van der Waals surface area contributed by atoms with Gasteiger partial charge in [-0.15, -0.1) is 0 Å². The number of hydrogen-bond donors (Lipinski definition) is 3. The molecule has 1 unspecified atom stereocenters. The first-order valence-electron chi connectivity index (χ1n) is 6.11. The number of nitrogens with two attached hydrogens (primary N) is 1. The molecule has 10 nitrogen and oxygen atoms in total. The van der Waals surface area contributed by atoms with E-state index in [0.29, 0.717) is 0 Å². The Morgan fingerprint density at radius 2 is 1.52 bits per heavy atom. The second-order valence-corrected chi connectivity index (χ2v) is 3.34. The highest BCUT2D eigenvalue weighted by atomic mass is 16.5. The molecule has 0 aliphatic rings. The van der Waals surface area contributed by atoms with Crippen molar-refractivity contribution in [2.24, 2.45) is 5.73 Å². The molecule has 23 heavy (non-hydrogen) atoms. The fourth-order valence-corrected chi connectivity index (χ4v) is 0.649. The molecule has 2 amide bonds. The van der Waals surface area contributed by atoms with Gasteiger partial charge in [-0.05, 0) is 13.8 Å². The summed E-state index contributed by atoms with van der Waals surface area (Å²) in [4.78, 5) is 49.3. The number of carbonyl (C=O) groups excluding carboxylic acids is 5. The van der Waals surface area contributed by atoms with Gasteiger partial charge in [0.15, 0.2) is 0 Å². The van der Waals surface area contributed by atoms with Gasteiger partial charge in [-0.1, -0.05) is 7.43 Å². The molecule has 0 heterocycles. The Hall–Kier alpha value is -2.49. The van der Waals surface area contributed by atoms with E-state index in [1.165, 1.54) is 13.8 Å². The van der Waals surface area contributed by atoms with Gasteiger partial charge in [0, 0.05) is 13.8 Å². The zero-order valence-corrected chi connectivity index (χ0v) is 13.0. The molecular formula is C13H26N2O8.